The van der Waals surface area contributed by atoms with Crippen LogP contribution in [0, 0.1) is 0 Å². The lowest BCUT2D eigenvalue weighted by atomic mass is 9.91. The van der Waals surface area contributed by atoms with Gasteiger partial charge < -0.3 is 9.97 Å². The fourth-order valence-corrected chi connectivity index (χ4v) is 7.34. The van der Waals surface area contributed by atoms with Crippen molar-refractivity contribution in [1.29, 1.82) is 0 Å². The zero-order valence-corrected chi connectivity index (χ0v) is 23.3. The number of pyridine rings is 1. The van der Waals surface area contributed by atoms with Crippen LogP contribution in [0.3, 0.4) is 0 Å². The third-order valence-corrected chi connectivity index (χ3v) is 9.43. The molecule has 0 amide bonds. The molecule has 0 aliphatic heterocycles. The molecular formula is C33H29N5S. The van der Waals surface area contributed by atoms with Crippen LogP contribution in [-0.2, 0) is 12.8 Å². The van der Waals surface area contributed by atoms with Gasteiger partial charge in [0.05, 0.1) is 22.2 Å². The Kier molecular flexibility index (Phi) is 4.84. The van der Waals surface area contributed by atoms with Crippen molar-refractivity contribution in [3.63, 3.8) is 0 Å². The summed E-state index contributed by atoms with van der Waals surface area (Å²) in [7, 11) is 0. The Balaban J connectivity index is 1.31. The molecule has 1 aliphatic rings. The van der Waals surface area contributed by atoms with Crippen LogP contribution in [0.1, 0.15) is 62.4 Å². The number of aryl methyl sites for hydroxylation is 2. The largest absolute Gasteiger partial charge is 0.345 e. The van der Waals surface area contributed by atoms with Gasteiger partial charge in [-0.15, -0.1) is 11.3 Å². The monoisotopic (exact) mass is 527 g/mol. The number of hydrogen-bond acceptors (Lipinski definition) is 4. The molecule has 1 aliphatic carbocycles. The molecule has 5 nitrogen and oxygen atoms in total. The van der Waals surface area contributed by atoms with Crippen molar-refractivity contribution in [2.45, 2.75) is 52.4 Å². The van der Waals surface area contributed by atoms with E-state index < -0.39 is 0 Å². The number of rotatable bonds is 3. The minimum atomic E-state index is 0.331. The summed E-state index contributed by atoms with van der Waals surface area (Å²) in [4.78, 5) is 23.3. The fourth-order valence-electron chi connectivity index (χ4n) is 6.11. The van der Waals surface area contributed by atoms with Gasteiger partial charge in [-0.05, 0) is 53.6 Å². The Hall–Kier alpha value is -4.03. The first-order valence-corrected chi connectivity index (χ1v) is 14.6. The Morgan fingerprint density at radius 1 is 0.795 bits per heavy atom. The molecule has 8 rings (SSSR count). The summed E-state index contributed by atoms with van der Waals surface area (Å²) in [5.74, 6) is 2.83. The molecule has 0 bridgehead atoms. The van der Waals surface area contributed by atoms with E-state index in [0.717, 1.165) is 57.5 Å². The van der Waals surface area contributed by atoms with Crippen LogP contribution in [0.5, 0.6) is 0 Å². The molecule has 7 aromatic rings. The normalized spacial score (nSPS) is 13.4. The van der Waals surface area contributed by atoms with E-state index >= 15 is 0 Å². The van der Waals surface area contributed by atoms with Crippen LogP contribution >= 0.6 is 11.3 Å². The zero-order chi connectivity index (χ0) is 26.4. The van der Waals surface area contributed by atoms with E-state index in [1.54, 1.807) is 0 Å². The predicted molar refractivity (Wildman–Crippen MR) is 163 cm³/mol. The van der Waals surface area contributed by atoms with Crippen LogP contribution in [0.2, 0.25) is 0 Å². The third-order valence-electron chi connectivity index (χ3n) is 8.17. The number of nitrogens with zero attached hydrogens (tertiary/aromatic N) is 3. The van der Waals surface area contributed by atoms with Gasteiger partial charge in [-0.2, -0.15) is 0 Å². The first kappa shape index (κ1) is 22.9. The standard InChI is InChI=1S/C33H29N5S/c1-16(2)32-35-25-12-11-22-20(28(25)36-32)10-8-19-15-26(39-31(19)22)18-7-9-21-24(14-18)27-23(6-5-13-34-27)30-29(21)37-33(38-30)17(3)4/h5-10,13-17H,11-12H2,1-4H3,(H,35,36)(H,37,38). The molecular weight excluding hydrogens is 498 g/mol. The molecule has 4 aromatic heterocycles. The number of aromatic nitrogens is 5. The van der Waals surface area contributed by atoms with Crippen molar-refractivity contribution < 1.29 is 0 Å². The van der Waals surface area contributed by atoms with Crippen molar-refractivity contribution in [2.75, 3.05) is 0 Å². The number of benzene rings is 3. The Morgan fingerprint density at radius 3 is 2.49 bits per heavy atom. The van der Waals surface area contributed by atoms with Gasteiger partial charge in [-0.3, -0.25) is 4.98 Å². The number of aromatic amines is 2. The highest BCUT2D eigenvalue weighted by molar-refractivity contribution is 7.22. The third kappa shape index (κ3) is 3.34. The molecule has 6 heteroatoms. The number of hydrogen-bond donors (Lipinski definition) is 2. The highest BCUT2D eigenvalue weighted by Crippen LogP contribution is 2.44. The highest BCUT2D eigenvalue weighted by Gasteiger charge is 2.24. The molecule has 0 saturated carbocycles. The minimum absolute atomic E-state index is 0.331. The molecule has 0 saturated heterocycles. The number of imidazole rings is 2. The van der Waals surface area contributed by atoms with Crippen LogP contribution in [-0.4, -0.2) is 24.9 Å². The number of fused-ring (bicyclic) bond motifs is 11. The maximum Gasteiger partial charge on any atom is 0.109 e. The maximum absolute atomic E-state index is 5.00. The molecule has 4 heterocycles. The van der Waals surface area contributed by atoms with E-state index in [4.69, 9.17) is 15.0 Å². The van der Waals surface area contributed by atoms with Gasteiger partial charge in [-0.25, -0.2) is 9.97 Å². The fraction of sp³-hybridized carbons (Fsp3) is 0.242. The predicted octanol–water partition coefficient (Wildman–Crippen LogP) is 8.88. The molecule has 39 heavy (non-hydrogen) atoms. The van der Waals surface area contributed by atoms with Gasteiger partial charge in [0.1, 0.15) is 11.6 Å². The molecule has 2 N–H and O–H groups in total. The number of thiophene rings is 1. The average Bonchev–Trinajstić information content (AvgIpc) is 3.69. The lowest BCUT2D eigenvalue weighted by molar-refractivity contribution is 0.787. The van der Waals surface area contributed by atoms with E-state index in [9.17, 15) is 0 Å². The lowest BCUT2D eigenvalue weighted by Crippen LogP contribution is -2.03. The summed E-state index contributed by atoms with van der Waals surface area (Å²) < 4.78 is 1.39. The summed E-state index contributed by atoms with van der Waals surface area (Å²) in [6.45, 7) is 8.75. The second-order valence-corrected chi connectivity index (χ2v) is 12.4. The van der Waals surface area contributed by atoms with Gasteiger partial charge in [0.2, 0.25) is 0 Å². The van der Waals surface area contributed by atoms with Crippen LogP contribution < -0.4 is 0 Å². The first-order valence-electron chi connectivity index (χ1n) is 13.8. The van der Waals surface area contributed by atoms with Crippen molar-refractivity contribution in [3.05, 3.63) is 77.6 Å². The van der Waals surface area contributed by atoms with Gasteiger partial charge in [0.15, 0.2) is 0 Å². The maximum atomic E-state index is 5.00. The minimum Gasteiger partial charge on any atom is -0.345 e. The quantitative estimate of drug-likeness (QED) is 0.225. The lowest BCUT2D eigenvalue weighted by Gasteiger charge is -2.15. The Labute approximate surface area is 230 Å². The molecule has 0 radical (unpaired) electrons. The molecule has 0 unspecified atom stereocenters. The average molecular weight is 528 g/mol. The topological polar surface area (TPSA) is 70.2 Å². The molecule has 3 aromatic carbocycles. The molecule has 0 fully saturated rings. The van der Waals surface area contributed by atoms with Crippen molar-refractivity contribution in [1.82, 2.24) is 24.9 Å². The summed E-state index contributed by atoms with van der Waals surface area (Å²) in [5.41, 5.74) is 9.49. The van der Waals surface area contributed by atoms with Gasteiger partial charge in [0, 0.05) is 55.0 Å². The SMILES string of the molecule is CC(C)c1nc2c([nH]1)CCc1c-2ccc2cc(-c3ccc4c(c3)c3ncccc3c3nc(C(C)C)[nH]c43)sc12. The van der Waals surface area contributed by atoms with E-state index in [2.05, 4.69) is 80.1 Å². The van der Waals surface area contributed by atoms with Crippen LogP contribution in [0.4, 0.5) is 0 Å². The highest BCUT2D eigenvalue weighted by atomic mass is 32.1. The Bertz CT molecular complexity index is 2090. The van der Waals surface area contributed by atoms with E-state index in [0.29, 0.717) is 11.8 Å². The molecule has 192 valence electrons. The summed E-state index contributed by atoms with van der Waals surface area (Å²) in [6, 6.07) is 17.9. The summed E-state index contributed by atoms with van der Waals surface area (Å²) in [6.07, 6.45) is 3.94. The summed E-state index contributed by atoms with van der Waals surface area (Å²) in [5, 5.41) is 4.74. The van der Waals surface area contributed by atoms with E-state index in [-0.39, 0.29) is 0 Å². The second kappa shape index (κ2) is 8.23. The van der Waals surface area contributed by atoms with Crippen LogP contribution in [0.25, 0.3) is 64.5 Å². The molecule has 0 spiro atoms. The van der Waals surface area contributed by atoms with Gasteiger partial charge in [0.25, 0.3) is 0 Å². The zero-order valence-electron chi connectivity index (χ0n) is 22.5. The number of H-pyrrole nitrogens is 2. The smallest absolute Gasteiger partial charge is 0.109 e. The van der Waals surface area contributed by atoms with Gasteiger partial charge in [-0.1, -0.05) is 52.0 Å². The first-order chi connectivity index (χ1) is 19.0. The van der Waals surface area contributed by atoms with Crippen molar-refractivity contribution >= 4 is 54.1 Å². The van der Waals surface area contributed by atoms with Gasteiger partial charge >= 0.3 is 0 Å². The van der Waals surface area contributed by atoms with Crippen molar-refractivity contribution in [2.24, 2.45) is 0 Å². The molecule has 0 atom stereocenters. The van der Waals surface area contributed by atoms with E-state index in [1.165, 1.54) is 42.7 Å². The number of nitrogens with one attached hydrogen (secondary N) is 2. The second-order valence-electron chi connectivity index (χ2n) is 11.4. The van der Waals surface area contributed by atoms with Crippen molar-refractivity contribution in [3.8, 4) is 21.7 Å². The Morgan fingerprint density at radius 2 is 1.64 bits per heavy atom. The van der Waals surface area contributed by atoms with Crippen LogP contribution in [0.15, 0.2) is 54.7 Å². The summed E-state index contributed by atoms with van der Waals surface area (Å²) >= 11 is 1.90. The van der Waals surface area contributed by atoms with E-state index in [1.807, 2.05) is 23.6 Å².